The maximum absolute atomic E-state index is 6.09. The Morgan fingerprint density at radius 3 is 2.45 bits per heavy atom. The number of thioether (sulfide) groups is 1. The molecular weight excluding hydrogens is 400 g/mol. The molecule has 0 amide bonds. The molecule has 0 atom stereocenters. The number of benzene rings is 1. The number of likely N-dealkylation sites (N-methyl/N-ethyl adjacent to an activating group) is 1. The summed E-state index contributed by atoms with van der Waals surface area (Å²) in [7, 11) is 4.11. The smallest absolute Gasteiger partial charge is 0.199 e. The van der Waals surface area contributed by atoms with E-state index in [9.17, 15) is 0 Å². The molecule has 1 aromatic carbocycles. The predicted molar refractivity (Wildman–Crippen MR) is 131 cm³/mol. The Hall–Kier alpha value is -1.31. The molecule has 29 heavy (non-hydrogen) atoms. The maximum Gasteiger partial charge on any atom is 0.199 e. The van der Waals surface area contributed by atoms with Gasteiger partial charge in [0, 0.05) is 17.0 Å². The number of ether oxygens (including phenoxy) is 1. The van der Waals surface area contributed by atoms with Gasteiger partial charge < -0.3 is 20.7 Å². The van der Waals surface area contributed by atoms with Gasteiger partial charge in [-0.3, -0.25) is 0 Å². The van der Waals surface area contributed by atoms with Gasteiger partial charge in [-0.15, -0.1) is 0 Å². The number of hydrogen-bond acceptors (Lipinski definition) is 4. The molecule has 0 aromatic heterocycles. The molecule has 1 fully saturated rings. The minimum absolute atomic E-state index is 0.0307. The highest BCUT2D eigenvalue weighted by Crippen LogP contribution is 2.38. The van der Waals surface area contributed by atoms with Crippen LogP contribution in [0.2, 0.25) is 0 Å². The Kier molecular flexibility index (Phi) is 8.79. The highest BCUT2D eigenvalue weighted by molar-refractivity contribution is 8.13. The third-order valence-electron chi connectivity index (χ3n) is 5.75. The van der Waals surface area contributed by atoms with E-state index in [4.69, 9.17) is 22.7 Å². The molecule has 162 valence electrons. The van der Waals surface area contributed by atoms with Crippen molar-refractivity contribution in [1.29, 1.82) is 0 Å². The van der Waals surface area contributed by atoms with E-state index in [0.29, 0.717) is 22.3 Å². The van der Waals surface area contributed by atoms with Crippen molar-refractivity contribution in [2.24, 2.45) is 16.1 Å². The number of aliphatic imine (C=N–C) groups is 1. The van der Waals surface area contributed by atoms with Crippen LogP contribution in [0.4, 0.5) is 5.69 Å². The van der Waals surface area contributed by atoms with Gasteiger partial charge in [-0.1, -0.05) is 37.9 Å². The van der Waals surface area contributed by atoms with E-state index >= 15 is 0 Å². The maximum atomic E-state index is 6.09. The summed E-state index contributed by atoms with van der Waals surface area (Å²) in [5.41, 5.74) is 7.30. The Morgan fingerprint density at radius 2 is 1.86 bits per heavy atom. The van der Waals surface area contributed by atoms with E-state index in [1.807, 2.05) is 24.3 Å². The molecule has 5 nitrogen and oxygen atoms in total. The molecule has 1 saturated carbocycles. The minimum atomic E-state index is -0.0307. The van der Waals surface area contributed by atoms with Crippen LogP contribution in [-0.2, 0) is 0 Å². The zero-order valence-corrected chi connectivity index (χ0v) is 20.1. The van der Waals surface area contributed by atoms with Gasteiger partial charge in [0.05, 0.1) is 0 Å². The number of amidine groups is 1. The standard InChI is InChI=1S/C22H36N4OS2/c1-21(2,26(4)5)15-27-18-11-9-17(10-12-18)24-20(28)25-19(23)29-16-22(3)13-7-6-8-14-22/h9-12H,6-8,13-16H2,1-5H3,(H3,23,24,25,28). The SMILES string of the molecule is CN(C)C(C)(C)COc1ccc(NC(=S)/N=C(\N)SCC2(C)CCCCC2)cc1. The summed E-state index contributed by atoms with van der Waals surface area (Å²) in [4.78, 5) is 6.49. The monoisotopic (exact) mass is 436 g/mol. The summed E-state index contributed by atoms with van der Waals surface area (Å²) >= 11 is 6.95. The average molecular weight is 437 g/mol. The van der Waals surface area contributed by atoms with Gasteiger partial charge in [-0.2, -0.15) is 4.99 Å². The second kappa shape index (κ2) is 10.6. The lowest BCUT2D eigenvalue weighted by molar-refractivity contribution is 0.114. The number of nitrogens with zero attached hydrogens (tertiary/aromatic N) is 2. The Bertz CT molecular complexity index is 695. The molecule has 0 radical (unpaired) electrons. The second-order valence-corrected chi connectivity index (χ2v) is 10.4. The average Bonchev–Trinajstić information content (AvgIpc) is 2.66. The van der Waals surface area contributed by atoms with Gasteiger partial charge in [-0.05, 0) is 82.7 Å². The van der Waals surface area contributed by atoms with Crippen LogP contribution in [0.3, 0.4) is 0 Å². The van der Waals surface area contributed by atoms with Crippen LogP contribution in [0.15, 0.2) is 29.3 Å². The molecule has 0 aliphatic heterocycles. The van der Waals surface area contributed by atoms with Crippen LogP contribution in [0.25, 0.3) is 0 Å². The van der Waals surface area contributed by atoms with E-state index in [0.717, 1.165) is 17.2 Å². The highest BCUT2D eigenvalue weighted by Gasteiger charge is 2.27. The molecule has 1 aromatic rings. The Labute approximate surface area is 185 Å². The minimum Gasteiger partial charge on any atom is -0.492 e. The van der Waals surface area contributed by atoms with E-state index in [1.54, 1.807) is 11.8 Å². The van der Waals surface area contributed by atoms with Crippen LogP contribution in [0, 0.1) is 5.41 Å². The first kappa shape index (κ1) is 24.0. The lowest BCUT2D eigenvalue weighted by atomic mass is 9.77. The first-order chi connectivity index (χ1) is 13.6. The lowest BCUT2D eigenvalue weighted by Gasteiger charge is -2.33. The van der Waals surface area contributed by atoms with Gasteiger partial charge in [-0.25, -0.2) is 0 Å². The molecule has 7 heteroatoms. The molecule has 3 N–H and O–H groups in total. The molecule has 2 rings (SSSR count). The Balaban J connectivity index is 1.81. The summed E-state index contributed by atoms with van der Waals surface area (Å²) in [6, 6.07) is 7.74. The van der Waals surface area contributed by atoms with Crippen LogP contribution in [0.5, 0.6) is 5.75 Å². The van der Waals surface area contributed by atoms with Crippen molar-refractivity contribution in [3.05, 3.63) is 24.3 Å². The fourth-order valence-electron chi connectivity index (χ4n) is 3.11. The fraction of sp³-hybridized carbons (Fsp3) is 0.636. The third-order valence-corrected chi connectivity index (χ3v) is 7.17. The highest BCUT2D eigenvalue weighted by atomic mass is 32.2. The van der Waals surface area contributed by atoms with Gasteiger partial charge in [0.15, 0.2) is 10.3 Å². The first-order valence-corrected chi connectivity index (χ1v) is 11.7. The van der Waals surface area contributed by atoms with Crippen LogP contribution in [0.1, 0.15) is 52.9 Å². The van der Waals surface area contributed by atoms with Gasteiger partial charge in [0.25, 0.3) is 0 Å². The molecule has 0 heterocycles. The third kappa shape index (κ3) is 8.15. The number of nitrogens with one attached hydrogen (secondary N) is 1. The summed E-state index contributed by atoms with van der Waals surface area (Å²) in [6.45, 7) is 7.27. The molecule has 0 saturated heterocycles. The fourth-order valence-corrected chi connectivity index (χ4v) is 4.32. The van der Waals surface area contributed by atoms with E-state index in [1.165, 1.54) is 32.1 Å². The van der Waals surface area contributed by atoms with Crippen LogP contribution < -0.4 is 15.8 Å². The molecule has 0 spiro atoms. The van der Waals surface area contributed by atoms with Crippen molar-refractivity contribution in [3.63, 3.8) is 0 Å². The van der Waals surface area contributed by atoms with E-state index in [2.05, 4.69) is 50.1 Å². The van der Waals surface area contributed by atoms with Crippen LogP contribution in [-0.4, -0.2) is 47.2 Å². The second-order valence-electron chi connectivity index (χ2n) is 9.06. The first-order valence-electron chi connectivity index (χ1n) is 10.3. The Morgan fingerprint density at radius 1 is 1.24 bits per heavy atom. The van der Waals surface area contributed by atoms with Crippen molar-refractivity contribution in [2.75, 3.05) is 31.8 Å². The van der Waals surface area contributed by atoms with Crippen molar-refractivity contribution >= 4 is 39.9 Å². The topological polar surface area (TPSA) is 62.9 Å². The van der Waals surface area contributed by atoms with E-state index < -0.39 is 0 Å². The van der Waals surface area contributed by atoms with Gasteiger partial charge >= 0.3 is 0 Å². The molecule has 1 aliphatic carbocycles. The summed E-state index contributed by atoms with van der Waals surface area (Å²) in [5.74, 6) is 1.83. The number of anilines is 1. The van der Waals surface area contributed by atoms with Crippen LogP contribution >= 0.6 is 24.0 Å². The predicted octanol–water partition coefficient (Wildman–Crippen LogP) is 5.12. The largest absolute Gasteiger partial charge is 0.492 e. The molecule has 1 aliphatic rings. The number of thiocarbonyl (C=S) groups is 1. The quantitative estimate of drug-likeness (QED) is 0.351. The summed E-state index contributed by atoms with van der Waals surface area (Å²) < 4.78 is 5.90. The molecule has 0 unspecified atom stereocenters. The molecular formula is C22H36N4OS2. The van der Waals surface area contributed by atoms with Crippen molar-refractivity contribution < 1.29 is 4.74 Å². The van der Waals surface area contributed by atoms with Crippen molar-refractivity contribution in [1.82, 2.24) is 4.90 Å². The van der Waals surface area contributed by atoms with Crippen molar-refractivity contribution in [3.8, 4) is 5.75 Å². The van der Waals surface area contributed by atoms with Gasteiger partial charge in [0.1, 0.15) is 12.4 Å². The molecule has 0 bridgehead atoms. The van der Waals surface area contributed by atoms with E-state index in [-0.39, 0.29) is 5.54 Å². The van der Waals surface area contributed by atoms with Gasteiger partial charge in [0.2, 0.25) is 0 Å². The zero-order valence-electron chi connectivity index (χ0n) is 18.5. The zero-order chi connectivity index (χ0) is 21.5. The number of nitrogens with two attached hydrogens (primary N) is 1. The normalized spacial score (nSPS) is 17.2. The summed E-state index contributed by atoms with van der Waals surface area (Å²) in [5, 5.41) is 4.03. The number of hydrogen-bond donors (Lipinski definition) is 2. The van der Waals surface area contributed by atoms with Crippen molar-refractivity contribution in [2.45, 2.75) is 58.4 Å². The summed E-state index contributed by atoms with van der Waals surface area (Å²) in [6.07, 6.45) is 6.54. The lowest BCUT2D eigenvalue weighted by Crippen LogP contribution is -2.43. The number of rotatable bonds is 7.